The Kier molecular flexibility index (Phi) is 8.46. The number of benzene rings is 4. The summed E-state index contributed by atoms with van der Waals surface area (Å²) in [6.07, 6.45) is -0.629. The molecule has 0 aliphatic carbocycles. The van der Waals surface area contributed by atoms with Crippen molar-refractivity contribution >= 4 is 27.8 Å². The number of β-amino-alcohol motifs (C(OH)–C–C–N with tert-alkyl or cyclic N) is 1. The van der Waals surface area contributed by atoms with E-state index in [2.05, 4.69) is 50.4 Å². The van der Waals surface area contributed by atoms with Crippen LogP contribution < -0.4 is 10.1 Å². The number of fused-ring (bicyclic) bond motifs is 2. The minimum atomic E-state index is -0.629. The summed E-state index contributed by atoms with van der Waals surface area (Å²) in [6.45, 7) is 6.22. The third-order valence-electron chi connectivity index (χ3n) is 7.77. The maximum absolute atomic E-state index is 12.8. The molecule has 5 aromatic rings. The summed E-state index contributed by atoms with van der Waals surface area (Å²) < 4.78 is 11.8. The molecule has 42 heavy (non-hydrogen) atoms. The van der Waals surface area contributed by atoms with Gasteiger partial charge in [0.1, 0.15) is 24.0 Å². The summed E-state index contributed by atoms with van der Waals surface area (Å²) in [5.41, 5.74) is 3.42. The number of nitrogens with one attached hydrogen (secondary N) is 1. The normalized spacial score (nSPS) is 16.0. The van der Waals surface area contributed by atoms with Crippen LogP contribution in [0, 0.1) is 0 Å². The zero-order valence-electron chi connectivity index (χ0n) is 23.8. The van der Waals surface area contributed by atoms with E-state index in [0.717, 1.165) is 37.3 Å². The minimum Gasteiger partial charge on any atom is -0.491 e. The van der Waals surface area contributed by atoms with E-state index >= 15 is 0 Å². The number of rotatable bonds is 10. The average molecular weight is 565 g/mol. The number of carbonyl (C=O) groups is 1. The lowest BCUT2D eigenvalue weighted by molar-refractivity contribution is -0.123. The molecule has 0 bridgehead atoms. The van der Waals surface area contributed by atoms with E-state index in [0.29, 0.717) is 35.8 Å². The highest BCUT2D eigenvalue weighted by molar-refractivity contribution is 5.83. The number of aliphatic hydroxyl groups is 1. The largest absolute Gasteiger partial charge is 0.491 e. The molecule has 1 aliphatic rings. The number of piperazine rings is 1. The van der Waals surface area contributed by atoms with E-state index in [4.69, 9.17) is 9.15 Å². The van der Waals surface area contributed by atoms with Gasteiger partial charge in [-0.3, -0.25) is 14.6 Å². The quantitative estimate of drug-likeness (QED) is 0.250. The van der Waals surface area contributed by atoms with E-state index in [1.165, 1.54) is 10.8 Å². The lowest BCUT2D eigenvalue weighted by Crippen LogP contribution is -2.51. The molecule has 1 amide bonds. The van der Waals surface area contributed by atoms with Crippen LogP contribution >= 0.6 is 0 Å². The first-order valence-corrected chi connectivity index (χ1v) is 14.5. The van der Waals surface area contributed by atoms with E-state index in [9.17, 15) is 9.90 Å². The van der Waals surface area contributed by atoms with Crippen LogP contribution in [0.15, 0.2) is 95.4 Å². The van der Waals surface area contributed by atoms with Gasteiger partial charge in [-0.1, -0.05) is 54.6 Å². The molecule has 1 fully saturated rings. The van der Waals surface area contributed by atoms with Crippen molar-refractivity contribution in [3.8, 4) is 17.2 Å². The van der Waals surface area contributed by atoms with E-state index in [-0.39, 0.29) is 18.6 Å². The van der Waals surface area contributed by atoms with Gasteiger partial charge in [-0.05, 0) is 53.6 Å². The Morgan fingerprint density at radius 1 is 0.929 bits per heavy atom. The first kappa shape index (κ1) is 27.9. The van der Waals surface area contributed by atoms with Crippen LogP contribution in [0.3, 0.4) is 0 Å². The molecule has 2 N–H and O–H groups in total. The molecule has 1 aromatic heterocycles. The molecule has 0 radical (unpaired) electrons. The van der Waals surface area contributed by atoms with Gasteiger partial charge in [0.05, 0.1) is 12.6 Å². The number of aliphatic hydroxyl groups excluding tert-OH is 1. The van der Waals surface area contributed by atoms with E-state index in [1.54, 1.807) is 0 Å². The van der Waals surface area contributed by atoms with Gasteiger partial charge < -0.3 is 19.6 Å². The second-order valence-corrected chi connectivity index (χ2v) is 11.0. The van der Waals surface area contributed by atoms with Crippen molar-refractivity contribution in [2.75, 3.05) is 45.9 Å². The summed E-state index contributed by atoms with van der Waals surface area (Å²) in [5, 5.41) is 16.1. The fraction of sp³-hybridized carbons (Fsp3) is 0.294. The molecule has 1 saturated heterocycles. The number of aromatic nitrogens is 1. The number of nitrogens with zero attached hydrogens (tertiary/aromatic N) is 3. The van der Waals surface area contributed by atoms with Crippen molar-refractivity contribution in [2.24, 2.45) is 0 Å². The second-order valence-electron chi connectivity index (χ2n) is 11.0. The summed E-state index contributed by atoms with van der Waals surface area (Å²) >= 11 is 0. The van der Waals surface area contributed by atoms with Gasteiger partial charge in [-0.15, -0.1) is 0 Å². The van der Waals surface area contributed by atoms with E-state index in [1.807, 2.05) is 67.6 Å². The Balaban J connectivity index is 0.926. The first-order valence-electron chi connectivity index (χ1n) is 14.5. The van der Waals surface area contributed by atoms with Crippen LogP contribution in [0.1, 0.15) is 18.5 Å². The summed E-state index contributed by atoms with van der Waals surface area (Å²) in [5.74, 6) is 1.24. The monoisotopic (exact) mass is 564 g/mol. The number of amides is 1. The molecule has 8 heteroatoms. The molecule has 4 aromatic carbocycles. The number of hydrogen-bond donors (Lipinski definition) is 2. The minimum absolute atomic E-state index is 0.0255. The number of carbonyl (C=O) groups excluding carboxylic acids is 1. The SMILES string of the molecule is C[C@@H](NC(=O)CN1CCN(C[C@@H](O)COc2ccc3oc(-c4ccccc4)nc3c2)CC1)c1ccc2ccccc2c1. The fourth-order valence-corrected chi connectivity index (χ4v) is 5.43. The zero-order chi connectivity index (χ0) is 28.9. The first-order chi connectivity index (χ1) is 20.5. The van der Waals surface area contributed by atoms with Crippen LogP contribution in [-0.2, 0) is 4.79 Å². The van der Waals surface area contributed by atoms with Gasteiger partial charge in [0.15, 0.2) is 5.58 Å². The third kappa shape index (κ3) is 6.79. The topological polar surface area (TPSA) is 91.1 Å². The highest BCUT2D eigenvalue weighted by Crippen LogP contribution is 2.27. The van der Waals surface area contributed by atoms with E-state index < -0.39 is 6.10 Å². The second kappa shape index (κ2) is 12.7. The van der Waals surface area contributed by atoms with Gasteiger partial charge in [0, 0.05) is 44.4 Å². The van der Waals surface area contributed by atoms with Crippen LogP contribution in [0.5, 0.6) is 5.75 Å². The molecule has 1 aliphatic heterocycles. The summed E-state index contributed by atoms with van der Waals surface area (Å²) in [4.78, 5) is 21.7. The van der Waals surface area contributed by atoms with Crippen LogP contribution in [0.2, 0.25) is 0 Å². The molecule has 6 rings (SSSR count). The molecule has 0 unspecified atom stereocenters. The van der Waals surface area contributed by atoms with Gasteiger partial charge in [0.25, 0.3) is 0 Å². The summed E-state index contributed by atoms with van der Waals surface area (Å²) in [6, 6.07) is 29.8. The van der Waals surface area contributed by atoms with Gasteiger partial charge in [-0.25, -0.2) is 4.98 Å². The Labute approximate surface area is 245 Å². The zero-order valence-corrected chi connectivity index (χ0v) is 23.8. The van der Waals surface area contributed by atoms with Crippen LogP contribution in [0.4, 0.5) is 0 Å². The number of hydrogen-bond acceptors (Lipinski definition) is 7. The van der Waals surface area contributed by atoms with Crippen LogP contribution in [0.25, 0.3) is 33.3 Å². The molecule has 0 spiro atoms. The van der Waals surface area contributed by atoms with Crippen molar-refractivity contribution in [1.82, 2.24) is 20.1 Å². The third-order valence-corrected chi connectivity index (χ3v) is 7.77. The summed E-state index contributed by atoms with van der Waals surface area (Å²) in [7, 11) is 0. The molecule has 2 heterocycles. The predicted molar refractivity (Wildman–Crippen MR) is 164 cm³/mol. The van der Waals surface area contributed by atoms with Gasteiger partial charge in [-0.2, -0.15) is 0 Å². The Bertz CT molecular complexity index is 1650. The van der Waals surface area contributed by atoms with Gasteiger partial charge >= 0.3 is 0 Å². The fourth-order valence-electron chi connectivity index (χ4n) is 5.43. The highest BCUT2D eigenvalue weighted by atomic mass is 16.5. The molecular formula is C34H36N4O4. The van der Waals surface area contributed by atoms with Crippen molar-refractivity contribution in [3.63, 3.8) is 0 Å². The van der Waals surface area contributed by atoms with Gasteiger partial charge in [0.2, 0.25) is 11.8 Å². The molecule has 216 valence electrons. The Morgan fingerprint density at radius 3 is 2.48 bits per heavy atom. The lowest BCUT2D eigenvalue weighted by atomic mass is 10.0. The number of oxazole rings is 1. The van der Waals surface area contributed by atoms with Crippen molar-refractivity contribution in [2.45, 2.75) is 19.1 Å². The van der Waals surface area contributed by atoms with Crippen molar-refractivity contribution in [1.29, 1.82) is 0 Å². The molecular weight excluding hydrogens is 528 g/mol. The Morgan fingerprint density at radius 2 is 1.67 bits per heavy atom. The highest BCUT2D eigenvalue weighted by Gasteiger charge is 2.22. The molecule has 8 nitrogen and oxygen atoms in total. The molecule has 0 saturated carbocycles. The van der Waals surface area contributed by atoms with Crippen LogP contribution in [-0.4, -0.2) is 77.8 Å². The smallest absolute Gasteiger partial charge is 0.234 e. The maximum Gasteiger partial charge on any atom is 0.234 e. The van der Waals surface area contributed by atoms with Crippen molar-refractivity contribution in [3.05, 3.63) is 96.6 Å². The number of ether oxygens (including phenoxy) is 1. The lowest BCUT2D eigenvalue weighted by Gasteiger charge is -2.35. The standard InChI is InChI=1S/C34H36N4O4/c1-24(27-12-11-25-7-5-6-10-28(25)19-27)35-33(40)22-38-17-15-37(16-18-38)21-29(39)23-41-30-13-14-32-31(20-30)36-34(42-32)26-8-3-2-4-9-26/h2-14,19-20,24,29,39H,15-18,21-23H2,1H3,(H,35,40)/t24-,29-/m1/s1. The Hall–Kier alpha value is -4.24. The average Bonchev–Trinajstić information content (AvgIpc) is 3.45. The predicted octanol–water partition coefficient (Wildman–Crippen LogP) is 4.88. The maximum atomic E-state index is 12.8. The van der Waals surface area contributed by atoms with Crippen molar-refractivity contribution < 1.29 is 19.1 Å². The molecule has 2 atom stereocenters.